The van der Waals surface area contributed by atoms with Crippen molar-refractivity contribution in [3.63, 3.8) is 0 Å². The third-order valence-corrected chi connectivity index (χ3v) is 6.39. The smallest absolute Gasteiger partial charge is 0.211 e. The van der Waals surface area contributed by atoms with E-state index in [0.717, 1.165) is 44.9 Å². The molecule has 118 valence electrons. The van der Waals surface area contributed by atoms with Gasteiger partial charge in [0.2, 0.25) is 10.0 Å². The fourth-order valence-electron chi connectivity index (χ4n) is 4.03. The van der Waals surface area contributed by atoms with Crippen molar-refractivity contribution in [2.75, 3.05) is 19.3 Å². The predicted octanol–water partition coefficient (Wildman–Crippen LogP) is 2.38. The third-order valence-electron chi connectivity index (χ3n) is 5.12. The Morgan fingerprint density at radius 1 is 1.25 bits per heavy atom. The van der Waals surface area contributed by atoms with Crippen molar-refractivity contribution < 1.29 is 13.5 Å². The van der Waals surface area contributed by atoms with Gasteiger partial charge in [0, 0.05) is 13.1 Å². The number of hydrogen-bond donors (Lipinski definition) is 1. The van der Waals surface area contributed by atoms with Crippen molar-refractivity contribution in [3.8, 4) is 0 Å². The average molecular weight is 303 g/mol. The molecule has 1 N–H and O–H groups in total. The third kappa shape index (κ3) is 4.18. The molecule has 1 heterocycles. The monoisotopic (exact) mass is 303 g/mol. The first-order valence-corrected chi connectivity index (χ1v) is 9.85. The fourth-order valence-corrected chi connectivity index (χ4v) is 4.97. The zero-order valence-electron chi connectivity index (χ0n) is 12.8. The molecule has 0 aromatic heterocycles. The van der Waals surface area contributed by atoms with Crippen LogP contribution in [0, 0.1) is 11.8 Å². The van der Waals surface area contributed by atoms with Gasteiger partial charge in [0.05, 0.1) is 11.9 Å². The van der Waals surface area contributed by atoms with Gasteiger partial charge in [0.25, 0.3) is 0 Å². The highest BCUT2D eigenvalue weighted by Gasteiger charge is 2.37. The summed E-state index contributed by atoms with van der Waals surface area (Å²) in [5.41, 5.74) is -0.551. The van der Waals surface area contributed by atoms with Gasteiger partial charge >= 0.3 is 0 Å². The Balaban J connectivity index is 1.95. The summed E-state index contributed by atoms with van der Waals surface area (Å²) < 4.78 is 24.9. The maximum absolute atomic E-state index is 11.7. The van der Waals surface area contributed by atoms with Crippen LogP contribution < -0.4 is 0 Å². The minimum atomic E-state index is -3.08. The van der Waals surface area contributed by atoms with Crippen molar-refractivity contribution in [3.05, 3.63) is 0 Å². The Bertz CT molecular complexity index is 423. The molecule has 2 aliphatic rings. The van der Waals surface area contributed by atoms with Crippen LogP contribution in [0.15, 0.2) is 0 Å². The first-order valence-electron chi connectivity index (χ1n) is 8.00. The van der Waals surface area contributed by atoms with Crippen LogP contribution >= 0.6 is 0 Å². The van der Waals surface area contributed by atoms with Crippen LogP contribution in [0.1, 0.15) is 58.3 Å². The minimum absolute atomic E-state index is 0.319. The van der Waals surface area contributed by atoms with Crippen molar-refractivity contribution in [2.24, 2.45) is 11.8 Å². The van der Waals surface area contributed by atoms with E-state index < -0.39 is 15.6 Å². The zero-order valence-corrected chi connectivity index (χ0v) is 13.7. The maximum atomic E-state index is 11.7. The molecule has 0 aromatic carbocycles. The second-order valence-corrected chi connectivity index (χ2v) is 8.91. The van der Waals surface area contributed by atoms with Crippen molar-refractivity contribution >= 4 is 10.0 Å². The maximum Gasteiger partial charge on any atom is 0.211 e. The van der Waals surface area contributed by atoms with Crippen molar-refractivity contribution in [1.82, 2.24) is 4.31 Å². The van der Waals surface area contributed by atoms with E-state index in [9.17, 15) is 13.5 Å². The highest BCUT2D eigenvalue weighted by molar-refractivity contribution is 7.88. The molecule has 4 nitrogen and oxygen atoms in total. The Morgan fingerprint density at radius 2 is 1.95 bits per heavy atom. The predicted molar refractivity (Wildman–Crippen MR) is 81.0 cm³/mol. The molecule has 1 aliphatic carbocycles. The van der Waals surface area contributed by atoms with E-state index in [1.54, 1.807) is 4.31 Å². The van der Waals surface area contributed by atoms with Gasteiger partial charge in [-0.25, -0.2) is 12.7 Å². The second kappa shape index (κ2) is 6.32. The van der Waals surface area contributed by atoms with Crippen LogP contribution in [0.4, 0.5) is 0 Å². The first-order chi connectivity index (χ1) is 9.32. The minimum Gasteiger partial charge on any atom is -0.390 e. The summed E-state index contributed by atoms with van der Waals surface area (Å²) in [6.07, 6.45) is 9.31. The first kappa shape index (κ1) is 16.2. The van der Waals surface area contributed by atoms with E-state index in [1.165, 1.54) is 12.7 Å². The van der Waals surface area contributed by atoms with Crippen LogP contribution in [0.2, 0.25) is 0 Å². The second-order valence-electron chi connectivity index (χ2n) is 6.93. The fraction of sp³-hybridized carbons (Fsp3) is 1.00. The van der Waals surface area contributed by atoms with E-state index in [4.69, 9.17) is 0 Å². The quantitative estimate of drug-likeness (QED) is 0.867. The molecule has 2 rings (SSSR count). The number of sulfonamides is 1. The molecule has 20 heavy (non-hydrogen) atoms. The standard InChI is InChI=1S/C15H29NO3S/c1-3-13-6-4-8-15(17,10-13)11-14-7-5-9-16(12-14)20(2,18)19/h13-14,17H,3-12H2,1-2H3. The molecule has 5 heteroatoms. The number of hydrogen-bond acceptors (Lipinski definition) is 3. The lowest BCUT2D eigenvalue weighted by Gasteiger charge is -2.41. The normalized spacial score (nSPS) is 37.0. The lowest BCUT2D eigenvalue weighted by atomic mass is 9.72. The number of rotatable bonds is 4. The summed E-state index contributed by atoms with van der Waals surface area (Å²) in [6.45, 7) is 3.44. The highest BCUT2D eigenvalue weighted by atomic mass is 32.2. The van der Waals surface area contributed by atoms with Gasteiger partial charge in [-0.2, -0.15) is 0 Å². The molecule has 0 aromatic rings. The molecule has 0 bridgehead atoms. The molecule has 1 saturated heterocycles. The SMILES string of the molecule is CCC1CCCC(O)(CC2CCCN(S(C)(=O)=O)C2)C1. The van der Waals surface area contributed by atoms with Crippen LogP contribution in [-0.2, 0) is 10.0 Å². The highest BCUT2D eigenvalue weighted by Crippen LogP contribution is 2.39. The Kier molecular flexibility index (Phi) is 5.14. The van der Waals surface area contributed by atoms with Crippen LogP contribution in [-0.4, -0.2) is 42.8 Å². The van der Waals surface area contributed by atoms with Gasteiger partial charge in [-0.05, 0) is 43.9 Å². The molecule has 1 aliphatic heterocycles. The van der Waals surface area contributed by atoms with Crippen LogP contribution in [0.3, 0.4) is 0 Å². The number of piperidine rings is 1. The molecule has 3 unspecified atom stereocenters. The molecule has 0 spiro atoms. The molecule has 3 atom stereocenters. The van der Waals surface area contributed by atoms with E-state index in [2.05, 4.69) is 6.92 Å². The molecule has 1 saturated carbocycles. The summed E-state index contributed by atoms with van der Waals surface area (Å²) >= 11 is 0. The van der Waals surface area contributed by atoms with E-state index >= 15 is 0 Å². The average Bonchev–Trinajstić information content (AvgIpc) is 2.37. The Hall–Kier alpha value is -0.130. The number of nitrogens with zero attached hydrogens (tertiary/aromatic N) is 1. The summed E-state index contributed by atoms with van der Waals surface area (Å²) in [7, 11) is -3.08. The largest absolute Gasteiger partial charge is 0.390 e. The summed E-state index contributed by atoms with van der Waals surface area (Å²) in [6, 6.07) is 0. The lowest BCUT2D eigenvalue weighted by molar-refractivity contribution is -0.0407. The summed E-state index contributed by atoms with van der Waals surface area (Å²) in [4.78, 5) is 0. The lowest BCUT2D eigenvalue weighted by Crippen LogP contribution is -2.44. The van der Waals surface area contributed by atoms with E-state index in [1.807, 2.05) is 0 Å². The van der Waals surface area contributed by atoms with Crippen LogP contribution in [0.5, 0.6) is 0 Å². The molecular formula is C15H29NO3S. The zero-order chi connectivity index (χ0) is 14.8. The van der Waals surface area contributed by atoms with E-state index in [-0.39, 0.29) is 0 Å². The van der Waals surface area contributed by atoms with Crippen molar-refractivity contribution in [2.45, 2.75) is 63.9 Å². The number of aliphatic hydroxyl groups is 1. The topological polar surface area (TPSA) is 57.6 Å². The summed E-state index contributed by atoms with van der Waals surface area (Å²) in [5.74, 6) is 0.961. The van der Waals surface area contributed by atoms with Crippen LogP contribution in [0.25, 0.3) is 0 Å². The van der Waals surface area contributed by atoms with Gasteiger partial charge in [-0.1, -0.05) is 26.2 Å². The molecule has 0 radical (unpaired) electrons. The van der Waals surface area contributed by atoms with Gasteiger partial charge < -0.3 is 5.11 Å². The molecule has 0 amide bonds. The molecular weight excluding hydrogens is 274 g/mol. The van der Waals surface area contributed by atoms with Gasteiger partial charge in [0.15, 0.2) is 0 Å². The van der Waals surface area contributed by atoms with Crippen molar-refractivity contribution in [1.29, 1.82) is 0 Å². The van der Waals surface area contributed by atoms with E-state index in [0.29, 0.717) is 24.9 Å². The Morgan fingerprint density at radius 3 is 2.60 bits per heavy atom. The Labute approximate surface area is 123 Å². The summed E-state index contributed by atoms with van der Waals surface area (Å²) in [5, 5.41) is 10.8. The van der Waals surface area contributed by atoms with Gasteiger partial charge in [-0.3, -0.25) is 0 Å². The van der Waals surface area contributed by atoms with Gasteiger partial charge in [0.1, 0.15) is 0 Å². The van der Waals surface area contributed by atoms with Gasteiger partial charge in [-0.15, -0.1) is 0 Å². The molecule has 2 fully saturated rings.